The van der Waals surface area contributed by atoms with Crippen LogP contribution in [0.3, 0.4) is 0 Å². The normalized spacial score (nSPS) is 17.5. The van der Waals surface area contributed by atoms with Crippen LogP contribution in [-0.2, 0) is 0 Å². The van der Waals surface area contributed by atoms with Crippen molar-refractivity contribution >= 4 is 28.2 Å². The molecule has 9 heteroatoms. The summed E-state index contributed by atoms with van der Waals surface area (Å²) in [7, 11) is 0. The van der Waals surface area contributed by atoms with Crippen LogP contribution >= 0.6 is 11.3 Å². The van der Waals surface area contributed by atoms with Gasteiger partial charge in [-0.05, 0) is 25.8 Å². The van der Waals surface area contributed by atoms with Crippen molar-refractivity contribution in [1.82, 2.24) is 30.1 Å². The number of piperidine rings is 1. The number of rotatable bonds is 4. The van der Waals surface area contributed by atoms with E-state index in [4.69, 9.17) is 4.98 Å². The summed E-state index contributed by atoms with van der Waals surface area (Å²) in [6.07, 6.45) is 5.68. The fraction of sp³-hybridized carbons (Fsp3) is 0.375. The number of nitrogens with one attached hydrogen (secondary N) is 1. The van der Waals surface area contributed by atoms with Crippen molar-refractivity contribution in [2.45, 2.75) is 25.7 Å². The molecule has 0 bridgehead atoms. The fourth-order valence-electron chi connectivity index (χ4n) is 3.00. The molecule has 128 valence electrons. The molecule has 3 aromatic rings. The van der Waals surface area contributed by atoms with E-state index in [-0.39, 0.29) is 5.92 Å². The standard InChI is InChI=1S/C16H18N8S/c1-11-8-13(22-16-23-19-10-25-16)21-14(20-11)12-4-2-7-24(9-12)15-17-5-3-6-18-15/h3,5-6,8,10,12H,2,4,7,9H2,1H3,(H,20,21,22,23). The van der Waals surface area contributed by atoms with Crippen LogP contribution in [0.25, 0.3) is 0 Å². The third-order valence-electron chi connectivity index (χ3n) is 4.09. The van der Waals surface area contributed by atoms with Gasteiger partial charge in [0.25, 0.3) is 0 Å². The van der Waals surface area contributed by atoms with Gasteiger partial charge >= 0.3 is 0 Å². The first-order valence-corrected chi connectivity index (χ1v) is 9.06. The molecule has 1 fully saturated rings. The Labute approximate surface area is 149 Å². The molecule has 1 aliphatic rings. The lowest BCUT2D eigenvalue weighted by atomic mass is 9.97. The smallest absolute Gasteiger partial charge is 0.225 e. The fourth-order valence-corrected chi connectivity index (χ4v) is 3.45. The van der Waals surface area contributed by atoms with E-state index in [1.54, 1.807) is 17.9 Å². The van der Waals surface area contributed by atoms with Gasteiger partial charge in [0, 0.05) is 43.2 Å². The lowest BCUT2D eigenvalue weighted by Gasteiger charge is -2.32. The molecule has 1 unspecified atom stereocenters. The summed E-state index contributed by atoms with van der Waals surface area (Å²) in [4.78, 5) is 20.3. The first-order valence-electron chi connectivity index (χ1n) is 8.18. The zero-order chi connectivity index (χ0) is 17.1. The van der Waals surface area contributed by atoms with Crippen LogP contribution in [0.4, 0.5) is 16.9 Å². The minimum absolute atomic E-state index is 0.257. The maximum Gasteiger partial charge on any atom is 0.225 e. The van der Waals surface area contributed by atoms with E-state index < -0.39 is 0 Å². The van der Waals surface area contributed by atoms with E-state index in [2.05, 4.69) is 35.4 Å². The topological polar surface area (TPSA) is 92.6 Å². The van der Waals surface area contributed by atoms with E-state index in [0.717, 1.165) is 54.3 Å². The summed E-state index contributed by atoms with van der Waals surface area (Å²) in [5.74, 6) is 2.64. The molecule has 4 heterocycles. The van der Waals surface area contributed by atoms with Gasteiger partial charge in [-0.15, -0.1) is 10.2 Å². The Bertz CT molecular complexity index is 823. The molecule has 0 saturated carbocycles. The van der Waals surface area contributed by atoms with E-state index in [9.17, 15) is 0 Å². The van der Waals surface area contributed by atoms with Crippen molar-refractivity contribution in [2.75, 3.05) is 23.3 Å². The minimum Gasteiger partial charge on any atom is -0.340 e. The van der Waals surface area contributed by atoms with Crippen molar-refractivity contribution in [3.63, 3.8) is 0 Å². The number of nitrogens with zero attached hydrogens (tertiary/aromatic N) is 7. The second kappa shape index (κ2) is 7.06. The van der Waals surface area contributed by atoms with E-state index in [0.29, 0.717) is 0 Å². The summed E-state index contributed by atoms with van der Waals surface area (Å²) in [6, 6.07) is 3.76. The van der Waals surface area contributed by atoms with Gasteiger partial charge in [-0.25, -0.2) is 19.9 Å². The SMILES string of the molecule is Cc1cc(Nc2nncs2)nc(C2CCCN(c3ncccn3)C2)n1. The van der Waals surface area contributed by atoms with Gasteiger partial charge in [-0.3, -0.25) is 0 Å². The van der Waals surface area contributed by atoms with Crippen LogP contribution < -0.4 is 10.2 Å². The third kappa shape index (κ3) is 3.71. The number of hydrogen-bond acceptors (Lipinski definition) is 9. The zero-order valence-electron chi connectivity index (χ0n) is 13.8. The molecule has 1 saturated heterocycles. The highest BCUT2D eigenvalue weighted by molar-refractivity contribution is 7.13. The monoisotopic (exact) mass is 354 g/mol. The van der Waals surface area contributed by atoms with Gasteiger partial charge in [-0.1, -0.05) is 11.3 Å². The molecule has 8 nitrogen and oxygen atoms in total. The van der Waals surface area contributed by atoms with Gasteiger partial charge < -0.3 is 10.2 Å². The molecule has 0 radical (unpaired) electrons. The third-order valence-corrected chi connectivity index (χ3v) is 4.69. The molecule has 1 aliphatic heterocycles. The van der Waals surface area contributed by atoms with Crippen LogP contribution in [0.2, 0.25) is 0 Å². The minimum atomic E-state index is 0.257. The summed E-state index contributed by atoms with van der Waals surface area (Å²) < 4.78 is 0. The van der Waals surface area contributed by atoms with Crippen molar-refractivity contribution < 1.29 is 0 Å². The highest BCUT2D eigenvalue weighted by Crippen LogP contribution is 2.28. The Morgan fingerprint density at radius 3 is 2.92 bits per heavy atom. The van der Waals surface area contributed by atoms with Crippen molar-refractivity contribution in [3.05, 3.63) is 41.6 Å². The van der Waals surface area contributed by atoms with Crippen LogP contribution in [0, 0.1) is 6.92 Å². The summed E-state index contributed by atoms with van der Waals surface area (Å²) >= 11 is 1.44. The zero-order valence-corrected chi connectivity index (χ0v) is 14.6. The van der Waals surface area contributed by atoms with E-state index in [1.165, 1.54) is 11.3 Å². The van der Waals surface area contributed by atoms with Crippen LogP contribution in [0.1, 0.15) is 30.3 Å². The molecule has 0 aromatic carbocycles. The molecule has 1 atom stereocenters. The molecule has 4 rings (SSSR count). The van der Waals surface area contributed by atoms with Crippen LogP contribution in [0.15, 0.2) is 30.0 Å². The number of anilines is 3. The Hall–Kier alpha value is -2.68. The molecule has 25 heavy (non-hydrogen) atoms. The molecular formula is C16H18N8S. The van der Waals surface area contributed by atoms with Crippen molar-refractivity contribution in [3.8, 4) is 0 Å². The lowest BCUT2D eigenvalue weighted by molar-refractivity contribution is 0.485. The second-order valence-electron chi connectivity index (χ2n) is 5.96. The predicted molar refractivity (Wildman–Crippen MR) is 96.2 cm³/mol. The second-order valence-corrected chi connectivity index (χ2v) is 6.79. The highest BCUT2D eigenvalue weighted by atomic mass is 32.1. The summed E-state index contributed by atoms with van der Waals surface area (Å²) in [6.45, 7) is 3.77. The van der Waals surface area contributed by atoms with Crippen molar-refractivity contribution in [2.24, 2.45) is 0 Å². The predicted octanol–water partition coefficient (Wildman–Crippen LogP) is 2.55. The molecule has 3 aromatic heterocycles. The van der Waals surface area contributed by atoms with Crippen molar-refractivity contribution in [1.29, 1.82) is 0 Å². The maximum absolute atomic E-state index is 4.71. The molecular weight excluding hydrogens is 336 g/mol. The lowest BCUT2D eigenvalue weighted by Crippen LogP contribution is -2.36. The number of aromatic nitrogens is 6. The number of aryl methyl sites for hydroxylation is 1. The van der Waals surface area contributed by atoms with Gasteiger partial charge in [0.05, 0.1) is 0 Å². The highest BCUT2D eigenvalue weighted by Gasteiger charge is 2.25. The first kappa shape index (κ1) is 15.8. The largest absolute Gasteiger partial charge is 0.340 e. The molecule has 0 amide bonds. The average molecular weight is 354 g/mol. The van der Waals surface area contributed by atoms with Gasteiger partial charge in [-0.2, -0.15) is 0 Å². The van der Waals surface area contributed by atoms with E-state index >= 15 is 0 Å². The molecule has 0 spiro atoms. The van der Waals surface area contributed by atoms with E-state index in [1.807, 2.05) is 19.1 Å². The molecule has 1 N–H and O–H groups in total. The first-order chi connectivity index (χ1) is 12.3. The summed E-state index contributed by atoms with van der Waals surface area (Å²) in [5.41, 5.74) is 2.63. The van der Waals surface area contributed by atoms with Gasteiger partial charge in [0.1, 0.15) is 17.2 Å². The quantitative estimate of drug-likeness (QED) is 0.764. The summed E-state index contributed by atoms with van der Waals surface area (Å²) in [5, 5.41) is 11.8. The average Bonchev–Trinajstić information content (AvgIpc) is 3.15. The van der Waals surface area contributed by atoms with Gasteiger partial charge in [0.2, 0.25) is 11.1 Å². The Morgan fingerprint density at radius 1 is 1.24 bits per heavy atom. The maximum atomic E-state index is 4.71. The number of hydrogen-bond donors (Lipinski definition) is 1. The van der Waals surface area contributed by atoms with Crippen LogP contribution in [-0.4, -0.2) is 43.2 Å². The molecule has 0 aliphatic carbocycles. The van der Waals surface area contributed by atoms with Gasteiger partial charge in [0.15, 0.2) is 0 Å². The Kier molecular flexibility index (Phi) is 4.47. The van der Waals surface area contributed by atoms with Crippen LogP contribution in [0.5, 0.6) is 0 Å². The Morgan fingerprint density at radius 2 is 2.12 bits per heavy atom. The Balaban J connectivity index is 1.55.